The fourth-order valence-electron chi connectivity index (χ4n) is 3.89. The number of aromatic amines is 1. The molecule has 2 aliphatic rings. The summed E-state index contributed by atoms with van der Waals surface area (Å²) in [5.41, 5.74) is 2.35. The molecule has 18 heavy (non-hydrogen) atoms. The van der Waals surface area contributed by atoms with Gasteiger partial charge in [-0.1, -0.05) is 6.42 Å². The molecule has 3 unspecified atom stereocenters. The van der Waals surface area contributed by atoms with Crippen LogP contribution >= 0.6 is 0 Å². The number of rotatable bonds is 3. The number of hydrogen-bond donors (Lipinski definition) is 2. The zero-order valence-electron chi connectivity index (χ0n) is 10.5. The van der Waals surface area contributed by atoms with Gasteiger partial charge in [-0.15, -0.1) is 0 Å². The van der Waals surface area contributed by atoms with Gasteiger partial charge in [0.05, 0.1) is 0 Å². The van der Waals surface area contributed by atoms with Crippen molar-refractivity contribution in [2.24, 2.45) is 11.8 Å². The van der Waals surface area contributed by atoms with Crippen molar-refractivity contribution in [3.05, 3.63) is 30.1 Å². The number of nitrogens with zero attached hydrogens (tertiary/aromatic N) is 1. The van der Waals surface area contributed by atoms with E-state index in [1.54, 1.807) is 0 Å². The van der Waals surface area contributed by atoms with Crippen molar-refractivity contribution in [1.82, 2.24) is 15.3 Å². The van der Waals surface area contributed by atoms with Gasteiger partial charge in [0.15, 0.2) is 0 Å². The largest absolute Gasteiger partial charge is 0.346 e. The molecular weight excluding hydrogens is 222 g/mol. The maximum Gasteiger partial charge on any atom is 0.137 e. The van der Waals surface area contributed by atoms with Crippen LogP contribution in [0.15, 0.2) is 24.5 Å². The van der Waals surface area contributed by atoms with Crippen LogP contribution in [0.2, 0.25) is 0 Å². The number of nitrogens with one attached hydrogen (secondary N) is 2. The molecule has 2 aromatic heterocycles. The van der Waals surface area contributed by atoms with E-state index in [4.69, 9.17) is 0 Å². The molecule has 2 fully saturated rings. The maximum atomic E-state index is 4.34. The molecule has 0 spiro atoms. The van der Waals surface area contributed by atoms with Gasteiger partial charge in [0.2, 0.25) is 0 Å². The summed E-state index contributed by atoms with van der Waals surface area (Å²) in [5, 5.41) is 5.02. The number of aromatic nitrogens is 2. The molecule has 0 amide bonds. The van der Waals surface area contributed by atoms with E-state index < -0.39 is 0 Å². The van der Waals surface area contributed by atoms with Crippen molar-refractivity contribution in [3.8, 4) is 0 Å². The second kappa shape index (κ2) is 4.09. The van der Waals surface area contributed by atoms with Gasteiger partial charge >= 0.3 is 0 Å². The first-order valence-corrected chi connectivity index (χ1v) is 7.04. The van der Waals surface area contributed by atoms with Crippen LogP contribution in [0.1, 0.15) is 31.2 Å². The van der Waals surface area contributed by atoms with E-state index in [-0.39, 0.29) is 0 Å². The molecule has 2 aliphatic carbocycles. The summed E-state index contributed by atoms with van der Waals surface area (Å²) in [4.78, 5) is 7.58. The Labute approximate surface area is 107 Å². The average molecular weight is 241 g/mol. The summed E-state index contributed by atoms with van der Waals surface area (Å²) >= 11 is 0. The summed E-state index contributed by atoms with van der Waals surface area (Å²) in [6, 6.07) is 4.92. The van der Waals surface area contributed by atoms with Crippen molar-refractivity contribution in [1.29, 1.82) is 0 Å². The topological polar surface area (TPSA) is 40.7 Å². The summed E-state index contributed by atoms with van der Waals surface area (Å²) in [5.74, 6) is 1.95. The molecule has 0 radical (unpaired) electrons. The smallest absolute Gasteiger partial charge is 0.137 e. The van der Waals surface area contributed by atoms with Crippen LogP contribution in [0.4, 0.5) is 0 Å². The molecule has 2 heterocycles. The third-order valence-electron chi connectivity index (χ3n) is 4.83. The molecule has 0 aliphatic heterocycles. The van der Waals surface area contributed by atoms with Crippen molar-refractivity contribution in [2.75, 3.05) is 0 Å². The second-order valence-electron chi connectivity index (χ2n) is 5.88. The lowest BCUT2D eigenvalue weighted by atomic mass is 9.95. The predicted octanol–water partition coefficient (Wildman–Crippen LogP) is 2.84. The molecule has 2 saturated carbocycles. The highest BCUT2D eigenvalue weighted by Gasteiger charge is 2.38. The van der Waals surface area contributed by atoms with Gasteiger partial charge in [-0.2, -0.15) is 0 Å². The quantitative estimate of drug-likeness (QED) is 0.867. The molecule has 2 bridgehead atoms. The fourth-order valence-corrected chi connectivity index (χ4v) is 3.89. The van der Waals surface area contributed by atoms with E-state index >= 15 is 0 Å². The van der Waals surface area contributed by atoms with Crippen LogP contribution in [0, 0.1) is 11.8 Å². The van der Waals surface area contributed by atoms with Gasteiger partial charge in [-0.25, -0.2) is 4.98 Å². The highest BCUT2D eigenvalue weighted by Crippen LogP contribution is 2.44. The second-order valence-corrected chi connectivity index (χ2v) is 5.88. The lowest BCUT2D eigenvalue weighted by molar-refractivity contribution is 0.351. The summed E-state index contributed by atoms with van der Waals surface area (Å²) < 4.78 is 0. The SMILES string of the molecule is c1cnc2[nH]cc(CNC3CC4CCC3C4)c2c1. The standard InChI is InChI=1S/C15H19N3/c1-2-13-12(9-18-15(13)16-5-1)8-17-14-7-10-3-4-11(14)6-10/h1-2,5,9-11,14,17H,3-4,6-8H2,(H,16,18). The van der Waals surface area contributed by atoms with Crippen LogP contribution in [0.25, 0.3) is 11.0 Å². The Kier molecular flexibility index (Phi) is 2.40. The molecule has 0 aromatic carbocycles. The predicted molar refractivity (Wildman–Crippen MR) is 72.2 cm³/mol. The van der Waals surface area contributed by atoms with Crippen LogP contribution < -0.4 is 5.32 Å². The molecule has 94 valence electrons. The highest BCUT2D eigenvalue weighted by molar-refractivity contribution is 5.79. The Morgan fingerprint density at radius 2 is 2.33 bits per heavy atom. The Hall–Kier alpha value is -1.35. The zero-order valence-corrected chi connectivity index (χ0v) is 10.5. The first-order valence-electron chi connectivity index (χ1n) is 7.04. The Bertz CT molecular complexity index is 560. The average Bonchev–Trinajstić information content (AvgIpc) is 3.11. The third kappa shape index (κ3) is 1.65. The Morgan fingerprint density at radius 3 is 3.17 bits per heavy atom. The normalized spacial score (nSPS) is 30.3. The first-order chi connectivity index (χ1) is 8.90. The van der Waals surface area contributed by atoms with Crippen LogP contribution in [0.3, 0.4) is 0 Å². The van der Waals surface area contributed by atoms with Gasteiger partial charge in [-0.05, 0) is 48.8 Å². The number of hydrogen-bond acceptors (Lipinski definition) is 2. The van der Waals surface area contributed by atoms with E-state index in [2.05, 4.69) is 27.5 Å². The van der Waals surface area contributed by atoms with Gasteiger partial charge in [0.1, 0.15) is 5.65 Å². The van der Waals surface area contributed by atoms with E-state index in [0.29, 0.717) is 0 Å². The Morgan fingerprint density at radius 1 is 1.33 bits per heavy atom. The fraction of sp³-hybridized carbons (Fsp3) is 0.533. The van der Waals surface area contributed by atoms with Crippen LogP contribution in [-0.4, -0.2) is 16.0 Å². The van der Waals surface area contributed by atoms with Crippen LogP contribution in [-0.2, 0) is 6.54 Å². The molecule has 3 heteroatoms. The minimum absolute atomic E-state index is 0.755. The van der Waals surface area contributed by atoms with E-state index in [9.17, 15) is 0 Å². The maximum absolute atomic E-state index is 4.34. The summed E-state index contributed by atoms with van der Waals surface area (Å²) in [6.07, 6.45) is 9.71. The number of pyridine rings is 1. The van der Waals surface area contributed by atoms with E-state index in [0.717, 1.165) is 30.1 Å². The molecule has 4 rings (SSSR count). The van der Waals surface area contributed by atoms with Crippen molar-refractivity contribution >= 4 is 11.0 Å². The highest BCUT2D eigenvalue weighted by atomic mass is 14.9. The van der Waals surface area contributed by atoms with Gasteiger partial charge in [0, 0.05) is 30.4 Å². The van der Waals surface area contributed by atoms with Crippen molar-refractivity contribution in [3.63, 3.8) is 0 Å². The van der Waals surface area contributed by atoms with Gasteiger partial charge in [0.25, 0.3) is 0 Å². The first kappa shape index (κ1) is 10.6. The van der Waals surface area contributed by atoms with Crippen LogP contribution in [0.5, 0.6) is 0 Å². The molecule has 0 saturated heterocycles. The minimum atomic E-state index is 0.755. The molecule has 3 atom stereocenters. The van der Waals surface area contributed by atoms with Gasteiger partial charge < -0.3 is 10.3 Å². The Balaban J connectivity index is 1.48. The molecule has 2 aromatic rings. The minimum Gasteiger partial charge on any atom is -0.346 e. The van der Waals surface area contributed by atoms with E-state index in [1.165, 1.54) is 36.6 Å². The van der Waals surface area contributed by atoms with E-state index in [1.807, 2.05) is 12.3 Å². The van der Waals surface area contributed by atoms with Crippen molar-refractivity contribution in [2.45, 2.75) is 38.3 Å². The lowest BCUT2D eigenvalue weighted by Crippen LogP contribution is -2.33. The molecule has 3 nitrogen and oxygen atoms in total. The van der Waals surface area contributed by atoms with Crippen molar-refractivity contribution < 1.29 is 0 Å². The zero-order chi connectivity index (χ0) is 11.9. The monoisotopic (exact) mass is 241 g/mol. The number of H-pyrrole nitrogens is 1. The summed E-state index contributed by atoms with van der Waals surface area (Å²) in [6.45, 7) is 0.972. The third-order valence-corrected chi connectivity index (χ3v) is 4.83. The number of fused-ring (bicyclic) bond motifs is 3. The molecule has 2 N–H and O–H groups in total. The van der Waals surface area contributed by atoms with Gasteiger partial charge in [-0.3, -0.25) is 0 Å². The summed E-state index contributed by atoms with van der Waals surface area (Å²) in [7, 11) is 0. The molecular formula is C15H19N3. The lowest BCUT2D eigenvalue weighted by Gasteiger charge is -2.22.